The van der Waals surface area contributed by atoms with Crippen LogP contribution in [0.3, 0.4) is 0 Å². The van der Waals surface area contributed by atoms with Gasteiger partial charge in [0.1, 0.15) is 5.54 Å². The van der Waals surface area contributed by atoms with E-state index in [2.05, 4.69) is 0 Å². The Hall–Kier alpha value is -2.01. The second-order valence-electron chi connectivity index (χ2n) is 8.81. The molecule has 0 radical (unpaired) electrons. The van der Waals surface area contributed by atoms with Crippen molar-refractivity contribution in [1.29, 1.82) is 0 Å². The molecule has 5 nitrogen and oxygen atoms in total. The van der Waals surface area contributed by atoms with E-state index in [0.29, 0.717) is 0 Å². The minimum absolute atomic E-state index is 0.596. The van der Waals surface area contributed by atoms with Crippen molar-refractivity contribution in [1.82, 2.24) is 9.97 Å². The van der Waals surface area contributed by atoms with Crippen LogP contribution in [-0.4, -0.2) is 26.6 Å². The number of fused-ring (bicyclic) bond motifs is 4. The Morgan fingerprint density at radius 2 is 1.22 bits per heavy atom. The molecule has 1 aromatic heterocycles. The average Bonchev–Trinajstić information content (AvgIpc) is 2.86. The average molecular weight is 365 g/mol. The third-order valence-electron chi connectivity index (χ3n) is 7.74. The number of nitrogens with zero attached hydrogens (tertiary/aromatic N) is 2. The lowest BCUT2D eigenvalue weighted by Gasteiger charge is -2.51. The number of benzene rings is 1. The van der Waals surface area contributed by atoms with E-state index < -0.39 is 22.3 Å². The first-order valence-electron chi connectivity index (χ1n) is 10.4. The van der Waals surface area contributed by atoms with Crippen LogP contribution in [0.5, 0.6) is 0 Å². The minimum Gasteiger partial charge on any atom is -0.480 e. The lowest BCUT2D eigenvalue weighted by molar-refractivity contribution is -0.152. The summed E-state index contributed by atoms with van der Waals surface area (Å²) in [5.74, 6) is -0.866. The second kappa shape index (κ2) is 5.74. The fourth-order valence-corrected chi connectivity index (χ4v) is 6.48. The molecule has 3 N–H and O–H groups in total. The summed E-state index contributed by atoms with van der Waals surface area (Å²) in [4.78, 5) is 23.0. The predicted molar refractivity (Wildman–Crippen MR) is 104 cm³/mol. The fraction of sp³-hybridized carbons (Fsp3) is 0.591. The van der Waals surface area contributed by atoms with Gasteiger partial charge in [-0.1, -0.05) is 50.7 Å². The Balaban J connectivity index is 1.87. The summed E-state index contributed by atoms with van der Waals surface area (Å²) in [7, 11) is 0. The molecule has 0 atom stereocenters. The quantitative estimate of drug-likeness (QED) is 0.802. The van der Waals surface area contributed by atoms with Gasteiger partial charge in [-0.05, 0) is 37.8 Å². The van der Waals surface area contributed by atoms with Gasteiger partial charge in [0.25, 0.3) is 0 Å². The van der Waals surface area contributed by atoms with Gasteiger partial charge in [0.15, 0.2) is 0 Å². The van der Waals surface area contributed by atoms with E-state index in [1.54, 1.807) is 0 Å². The Bertz CT molecular complexity index is 846. The zero-order valence-electron chi connectivity index (χ0n) is 15.7. The van der Waals surface area contributed by atoms with Gasteiger partial charge in [-0.15, -0.1) is 0 Å². The number of hydrogen-bond donors (Lipinski definition) is 2. The summed E-state index contributed by atoms with van der Waals surface area (Å²) < 4.78 is 0. The number of carboxylic acid groups (broad SMARTS) is 1. The lowest BCUT2D eigenvalue weighted by atomic mass is 9.53. The van der Waals surface area contributed by atoms with Gasteiger partial charge in [0, 0.05) is 10.8 Å². The van der Waals surface area contributed by atoms with Crippen molar-refractivity contribution in [2.24, 2.45) is 5.73 Å². The summed E-state index contributed by atoms with van der Waals surface area (Å²) in [6.45, 7) is 0. The molecule has 1 heterocycles. The van der Waals surface area contributed by atoms with E-state index in [4.69, 9.17) is 15.7 Å². The number of nitrogens with two attached hydrogens (primary N) is 1. The molecular weight excluding hydrogens is 338 g/mol. The van der Waals surface area contributed by atoms with E-state index >= 15 is 0 Å². The second-order valence-corrected chi connectivity index (χ2v) is 8.81. The summed E-state index contributed by atoms with van der Waals surface area (Å²) in [6, 6.07) is 7.89. The van der Waals surface area contributed by atoms with Crippen molar-refractivity contribution in [3.63, 3.8) is 0 Å². The lowest BCUT2D eigenvalue weighted by Crippen LogP contribution is -2.70. The maximum absolute atomic E-state index is 12.9. The molecule has 1 aromatic carbocycles. The van der Waals surface area contributed by atoms with Crippen molar-refractivity contribution in [2.75, 3.05) is 0 Å². The molecule has 5 rings (SSSR count). The maximum Gasteiger partial charge on any atom is 0.325 e. The van der Waals surface area contributed by atoms with Crippen LogP contribution in [0.15, 0.2) is 24.3 Å². The van der Waals surface area contributed by atoms with Gasteiger partial charge < -0.3 is 10.8 Å². The first kappa shape index (κ1) is 17.1. The van der Waals surface area contributed by atoms with Crippen LogP contribution in [0.2, 0.25) is 0 Å². The molecule has 0 aliphatic heterocycles. The van der Waals surface area contributed by atoms with E-state index in [9.17, 15) is 9.90 Å². The van der Waals surface area contributed by atoms with Crippen LogP contribution in [0.4, 0.5) is 0 Å². The number of hydrogen-bond acceptors (Lipinski definition) is 4. The van der Waals surface area contributed by atoms with Crippen LogP contribution in [0, 0.1) is 0 Å². The van der Waals surface area contributed by atoms with Crippen molar-refractivity contribution in [3.8, 4) is 0 Å². The van der Waals surface area contributed by atoms with E-state index in [-0.39, 0.29) is 0 Å². The predicted octanol–water partition coefficient (Wildman–Crippen LogP) is 3.83. The maximum atomic E-state index is 12.9. The molecule has 3 aliphatic carbocycles. The molecule has 142 valence electrons. The van der Waals surface area contributed by atoms with Gasteiger partial charge in [-0.3, -0.25) is 4.79 Å². The molecule has 0 saturated heterocycles. The third kappa shape index (κ3) is 1.96. The van der Waals surface area contributed by atoms with E-state index in [0.717, 1.165) is 86.6 Å². The smallest absolute Gasteiger partial charge is 0.325 e. The van der Waals surface area contributed by atoms with Crippen molar-refractivity contribution < 1.29 is 9.90 Å². The molecule has 2 saturated carbocycles. The SMILES string of the molecule is NC1(C(=O)O)C2(CCCCC2)c2nc3ccccc3nc2C12CCCCC2. The topological polar surface area (TPSA) is 89.1 Å². The van der Waals surface area contributed by atoms with Crippen LogP contribution < -0.4 is 5.73 Å². The number of aliphatic carboxylic acids is 1. The van der Waals surface area contributed by atoms with Gasteiger partial charge in [0.2, 0.25) is 0 Å². The van der Waals surface area contributed by atoms with E-state index in [1.165, 1.54) is 0 Å². The number of carboxylic acids is 1. The zero-order chi connectivity index (χ0) is 18.7. The monoisotopic (exact) mass is 365 g/mol. The number of rotatable bonds is 1. The summed E-state index contributed by atoms with van der Waals surface area (Å²) >= 11 is 0. The Labute approximate surface area is 159 Å². The highest BCUT2D eigenvalue weighted by Gasteiger charge is 2.73. The Morgan fingerprint density at radius 1 is 0.815 bits per heavy atom. The zero-order valence-corrected chi connectivity index (χ0v) is 15.7. The third-order valence-corrected chi connectivity index (χ3v) is 7.74. The van der Waals surface area contributed by atoms with Crippen molar-refractivity contribution in [3.05, 3.63) is 35.7 Å². The van der Waals surface area contributed by atoms with E-state index in [1.807, 2.05) is 24.3 Å². The first-order chi connectivity index (χ1) is 13.1. The van der Waals surface area contributed by atoms with Crippen LogP contribution in [0.25, 0.3) is 11.0 Å². The molecule has 2 spiro atoms. The molecule has 5 heteroatoms. The molecule has 3 aliphatic rings. The molecule has 0 amide bonds. The van der Waals surface area contributed by atoms with Gasteiger partial charge in [0.05, 0.1) is 22.4 Å². The number of para-hydroxylation sites is 2. The molecule has 0 unspecified atom stereocenters. The standard InChI is InChI=1S/C22H27N3O2/c23-22(19(26)27)20(11-5-1-6-12-20)17-18(21(22)13-7-2-8-14-21)25-16-10-4-3-9-15(16)24-17/h3-4,9-10H,1-2,5-8,11-14,23H2,(H,26,27). The minimum atomic E-state index is -1.32. The Kier molecular flexibility index (Phi) is 3.64. The molecule has 2 fully saturated rings. The molecular formula is C22H27N3O2. The van der Waals surface area contributed by atoms with Crippen LogP contribution in [0.1, 0.15) is 75.6 Å². The normalized spacial score (nSPS) is 24.9. The first-order valence-corrected chi connectivity index (χ1v) is 10.4. The summed E-state index contributed by atoms with van der Waals surface area (Å²) in [6.07, 6.45) is 9.53. The summed E-state index contributed by atoms with van der Waals surface area (Å²) in [5.41, 5.74) is 8.03. The molecule has 2 aromatic rings. The number of aromatic nitrogens is 2. The fourth-order valence-electron chi connectivity index (χ4n) is 6.48. The molecule has 0 bridgehead atoms. The van der Waals surface area contributed by atoms with Gasteiger partial charge in [-0.25, -0.2) is 9.97 Å². The summed E-state index contributed by atoms with van der Waals surface area (Å²) in [5, 5.41) is 10.5. The van der Waals surface area contributed by atoms with Gasteiger partial charge in [-0.2, -0.15) is 0 Å². The Morgan fingerprint density at radius 3 is 1.59 bits per heavy atom. The number of carbonyl (C=O) groups is 1. The van der Waals surface area contributed by atoms with Gasteiger partial charge >= 0.3 is 5.97 Å². The molecule has 27 heavy (non-hydrogen) atoms. The van der Waals surface area contributed by atoms with Crippen LogP contribution >= 0.6 is 0 Å². The largest absolute Gasteiger partial charge is 0.480 e. The highest BCUT2D eigenvalue weighted by atomic mass is 16.4. The highest BCUT2D eigenvalue weighted by Crippen LogP contribution is 2.64. The van der Waals surface area contributed by atoms with Crippen molar-refractivity contribution >= 4 is 17.0 Å². The van der Waals surface area contributed by atoms with Crippen LogP contribution in [-0.2, 0) is 15.6 Å². The van der Waals surface area contributed by atoms with Crippen molar-refractivity contribution in [2.45, 2.75) is 80.6 Å². The highest BCUT2D eigenvalue weighted by molar-refractivity contribution is 5.87.